The highest BCUT2D eigenvalue weighted by atomic mass is 16.1. The third-order valence-electron chi connectivity index (χ3n) is 4.56. The van der Waals surface area contributed by atoms with E-state index in [2.05, 4.69) is 51.7 Å². The number of anilines is 4. The molecular weight excluding hydrogens is 350 g/mol. The SMILES string of the molecule is CCN(CC)c1ccc(Nc2ccc(C(=O)Nc3ccccc3C)nn2)cc1. The predicted molar refractivity (Wildman–Crippen MR) is 114 cm³/mol. The van der Waals surface area contributed by atoms with Crippen molar-refractivity contribution in [2.45, 2.75) is 20.8 Å². The quantitative estimate of drug-likeness (QED) is 0.630. The molecule has 0 radical (unpaired) electrons. The van der Waals surface area contributed by atoms with E-state index in [0.717, 1.165) is 30.0 Å². The Labute approximate surface area is 165 Å². The number of carbonyl (C=O) groups is 1. The van der Waals surface area contributed by atoms with Gasteiger partial charge in [-0.3, -0.25) is 4.79 Å². The van der Waals surface area contributed by atoms with Crippen molar-refractivity contribution in [3.8, 4) is 0 Å². The second kappa shape index (κ2) is 8.99. The zero-order valence-corrected chi connectivity index (χ0v) is 16.4. The summed E-state index contributed by atoms with van der Waals surface area (Å²) in [5.74, 6) is 0.306. The lowest BCUT2D eigenvalue weighted by Crippen LogP contribution is -2.21. The Balaban J connectivity index is 1.64. The fourth-order valence-corrected chi connectivity index (χ4v) is 2.91. The Kier molecular flexibility index (Phi) is 6.22. The molecule has 0 unspecified atom stereocenters. The van der Waals surface area contributed by atoms with Crippen LogP contribution in [0.3, 0.4) is 0 Å². The number of rotatable bonds is 7. The van der Waals surface area contributed by atoms with Crippen LogP contribution in [-0.2, 0) is 0 Å². The summed E-state index contributed by atoms with van der Waals surface area (Å²) in [6.45, 7) is 8.17. The van der Waals surface area contributed by atoms with E-state index in [-0.39, 0.29) is 11.6 Å². The maximum absolute atomic E-state index is 12.4. The van der Waals surface area contributed by atoms with Crippen molar-refractivity contribution in [3.05, 3.63) is 71.9 Å². The first-order chi connectivity index (χ1) is 13.6. The summed E-state index contributed by atoms with van der Waals surface area (Å²) >= 11 is 0. The number of aryl methyl sites for hydroxylation is 1. The normalized spacial score (nSPS) is 10.4. The number of hydrogen-bond acceptors (Lipinski definition) is 5. The molecule has 0 saturated heterocycles. The minimum absolute atomic E-state index is 0.269. The number of aromatic nitrogens is 2. The molecule has 0 aliphatic heterocycles. The number of hydrogen-bond donors (Lipinski definition) is 2. The minimum atomic E-state index is -0.281. The van der Waals surface area contributed by atoms with E-state index in [4.69, 9.17) is 0 Å². The second-order valence-corrected chi connectivity index (χ2v) is 6.42. The molecule has 1 aromatic heterocycles. The van der Waals surface area contributed by atoms with Crippen molar-refractivity contribution in [1.29, 1.82) is 0 Å². The zero-order valence-electron chi connectivity index (χ0n) is 16.4. The van der Waals surface area contributed by atoms with E-state index in [9.17, 15) is 4.79 Å². The molecule has 2 N–H and O–H groups in total. The highest BCUT2D eigenvalue weighted by Crippen LogP contribution is 2.20. The molecule has 6 heteroatoms. The molecule has 0 aliphatic rings. The molecule has 144 valence electrons. The van der Waals surface area contributed by atoms with Gasteiger partial charge in [-0.2, -0.15) is 0 Å². The molecule has 2 aromatic carbocycles. The average Bonchev–Trinajstić information content (AvgIpc) is 2.72. The van der Waals surface area contributed by atoms with Gasteiger partial charge in [-0.05, 0) is 68.8 Å². The van der Waals surface area contributed by atoms with E-state index in [1.165, 1.54) is 5.69 Å². The fourth-order valence-electron chi connectivity index (χ4n) is 2.91. The average molecular weight is 375 g/mol. The predicted octanol–water partition coefficient (Wildman–Crippen LogP) is 4.63. The Hall–Kier alpha value is -3.41. The third-order valence-corrected chi connectivity index (χ3v) is 4.56. The van der Waals surface area contributed by atoms with Crippen LogP contribution in [0, 0.1) is 6.92 Å². The molecule has 1 amide bonds. The molecule has 0 bridgehead atoms. The Morgan fingerprint density at radius 2 is 1.64 bits per heavy atom. The maximum atomic E-state index is 12.4. The first kappa shape index (κ1) is 19.4. The van der Waals surface area contributed by atoms with E-state index in [1.54, 1.807) is 12.1 Å². The second-order valence-electron chi connectivity index (χ2n) is 6.42. The molecule has 0 atom stereocenters. The number of carbonyl (C=O) groups excluding carboxylic acids is 1. The molecule has 0 aliphatic carbocycles. The molecule has 3 aromatic rings. The molecule has 0 saturated carbocycles. The lowest BCUT2D eigenvalue weighted by Gasteiger charge is -2.21. The fraction of sp³-hybridized carbons (Fsp3) is 0.227. The summed E-state index contributed by atoms with van der Waals surface area (Å²) in [4.78, 5) is 14.6. The van der Waals surface area contributed by atoms with Crippen LogP contribution in [0.4, 0.5) is 22.9 Å². The highest BCUT2D eigenvalue weighted by Gasteiger charge is 2.10. The molecule has 0 spiro atoms. The third kappa shape index (κ3) is 4.65. The van der Waals surface area contributed by atoms with E-state index < -0.39 is 0 Å². The number of nitrogens with one attached hydrogen (secondary N) is 2. The van der Waals surface area contributed by atoms with Crippen molar-refractivity contribution in [2.24, 2.45) is 0 Å². The smallest absolute Gasteiger partial charge is 0.276 e. The van der Waals surface area contributed by atoms with Crippen molar-refractivity contribution < 1.29 is 4.79 Å². The Bertz CT molecular complexity index is 918. The highest BCUT2D eigenvalue weighted by molar-refractivity contribution is 6.03. The Morgan fingerprint density at radius 3 is 2.25 bits per heavy atom. The van der Waals surface area contributed by atoms with E-state index in [0.29, 0.717) is 5.82 Å². The van der Waals surface area contributed by atoms with E-state index in [1.807, 2.05) is 43.3 Å². The monoisotopic (exact) mass is 375 g/mol. The summed E-state index contributed by atoms with van der Waals surface area (Å²) in [6, 6.07) is 19.2. The number of benzene rings is 2. The van der Waals surface area contributed by atoms with Gasteiger partial charge in [-0.25, -0.2) is 0 Å². The lowest BCUT2D eigenvalue weighted by atomic mass is 10.2. The van der Waals surface area contributed by atoms with Gasteiger partial charge in [0.25, 0.3) is 5.91 Å². The van der Waals surface area contributed by atoms with Gasteiger partial charge in [0.15, 0.2) is 11.5 Å². The molecule has 1 heterocycles. The topological polar surface area (TPSA) is 70.2 Å². The first-order valence-corrected chi connectivity index (χ1v) is 9.43. The summed E-state index contributed by atoms with van der Waals surface area (Å²) in [5.41, 5.74) is 4.14. The van der Waals surface area contributed by atoms with Gasteiger partial charge in [0, 0.05) is 30.2 Å². The van der Waals surface area contributed by atoms with Crippen molar-refractivity contribution in [2.75, 3.05) is 28.6 Å². The van der Waals surface area contributed by atoms with Crippen LogP contribution in [-0.4, -0.2) is 29.2 Å². The number of para-hydroxylation sites is 1. The molecular formula is C22H25N5O. The summed E-state index contributed by atoms with van der Waals surface area (Å²) in [6.07, 6.45) is 0. The molecule has 6 nitrogen and oxygen atoms in total. The van der Waals surface area contributed by atoms with Crippen molar-refractivity contribution >= 4 is 28.8 Å². The van der Waals surface area contributed by atoms with Gasteiger partial charge in [0.1, 0.15) is 0 Å². The van der Waals surface area contributed by atoms with Gasteiger partial charge < -0.3 is 15.5 Å². The summed E-state index contributed by atoms with van der Waals surface area (Å²) in [7, 11) is 0. The summed E-state index contributed by atoms with van der Waals surface area (Å²) in [5, 5.41) is 14.2. The maximum Gasteiger partial charge on any atom is 0.276 e. The first-order valence-electron chi connectivity index (χ1n) is 9.43. The van der Waals surface area contributed by atoms with Gasteiger partial charge in [0.2, 0.25) is 0 Å². The van der Waals surface area contributed by atoms with Crippen LogP contribution in [0.1, 0.15) is 29.9 Å². The van der Waals surface area contributed by atoms with Crippen LogP contribution in [0.5, 0.6) is 0 Å². The van der Waals surface area contributed by atoms with Gasteiger partial charge in [-0.1, -0.05) is 18.2 Å². The Morgan fingerprint density at radius 1 is 0.929 bits per heavy atom. The largest absolute Gasteiger partial charge is 0.372 e. The molecule has 28 heavy (non-hydrogen) atoms. The van der Waals surface area contributed by atoms with Crippen molar-refractivity contribution in [3.63, 3.8) is 0 Å². The number of amides is 1. The summed E-state index contributed by atoms with van der Waals surface area (Å²) < 4.78 is 0. The van der Waals surface area contributed by atoms with Crippen LogP contribution in [0.15, 0.2) is 60.7 Å². The van der Waals surface area contributed by atoms with Gasteiger partial charge in [-0.15, -0.1) is 10.2 Å². The van der Waals surface area contributed by atoms with Gasteiger partial charge >= 0.3 is 0 Å². The zero-order chi connectivity index (χ0) is 19.9. The molecule has 3 rings (SSSR count). The van der Waals surface area contributed by atoms with Crippen LogP contribution >= 0.6 is 0 Å². The molecule has 0 fully saturated rings. The van der Waals surface area contributed by atoms with Crippen molar-refractivity contribution in [1.82, 2.24) is 10.2 Å². The van der Waals surface area contributed by atoms with Gasteiger partial charge in [0.05, 0.1) is 0 Å². The van der Waals surface area contributed by atoms with Crippen LogP contribution in [0.25, 0.3) is 0 Å². The lowest BCUT2D eigenvalue weighted by molar-refractivity contribution is 0.102. The standard InChI is InChI=1S/C22H25N5O/c1-4-27(5-2)18-12-10-17(11-13-18)23-21-15-14-20(25-26-21)22(28)24-19-9-7-6-8-16(19)3/h6-15H,4-5H2,1-3H3,(H,23,26)(H,24,28). The van der Waals surface area contributed by atoms with E-state index >= 15 is 0 Å². The number of nitrogens with zero attached hydrogens (tertiary/aromatic N) is 3. The van der Waals surface area contributed by atoms with Crippen LogP contribution in [0.2, 0.25) is 0 Å². The minimum Gasteiger partial charge on any atom is -0.372 e. The van der Waals surface area contributed by atoms with Crippen LogP contribution < -0.4 is 15.5 Å².